The van der Waals surface area contributed by atoms with Crippen molar-refractivity contribution in [3.05, 3.63) is 72.9 Å². The third-order valence-electron chi connectivity index (χ3n) is 18.1. The normalized spacial score (nSPS) is 23.2. The summed E-state index contributed by atoms with van der Waals surface area (Å²) in [6, 6.07) is -0.941. The van der Waals surface area contributed by atoms with E-state index in [2.05, 4.69) is 79.9 Å². The van der Waals surface area contributed by atoms with Crippen molar-refractivity contribution in [2.45, 2.75) is 389 Å². The lowest BCUT2D eigenvalue weighted by molar-refractivity contribution is -0.359. The number of hydrogen-bond donors (Lipinski definition) is 9. The van der Waals surface area contributed by atoms with Crippen LogP contribution in [0.4, 0.5) is 0 Å². The molecule has 0 aromatic heterocycles. The lowest BCUT2D eigenvalue weighted by atomic mass is 9.97. The minimum Gasteiger partial charge on any atom is -0.394 e. The van der Waals surface area contributed by atoms with Crippen LogP contribution in [0.3, 0.4) is 0 Å². The highest BCUT2D eigenvalue weighted by Crippen LogP contribution is 2.30. The number of carbonyl (C=O) groups is 1. The molecule has 0 saturated carbocycles. The zero-order chi connectivity index (χ0) is 65.9. The van der Waals surface area contributed by atoms with Gasteiger partial charge in [-0.3, -0.25) is 4.79 Å². The predicted octanol–water partition coefficient (Wildman–Crippen LogP) is 16.2. The van der Waals surface area contributed by atoms with Gasteiger partial charge in [0.05, 0.1) is 32.0 Å². The van der Waals surface area contributed by atoms with E-state index in [0.29, 0.717) is 12.8 Å². The number of aliphatic hydroxyl groups is 8. The van der Waals surface area contributed by atoms with Gasteiger partial charge in [-0.1, -0.05) is 299 Å². The fourth-order valence-electron chi connectivity index (χ4n) is 12.1. The van der Waals surface area contributed by atoms with E-state index in [-0.39, 0.29) is 18.9 Å². The number of ether oxygens (including phenoxy) is 4. The maximum atomic E-state index is 13.3. The van der Waals surface area contributed by atoms with E-state index in [0.717, 1.165) is 57.8 Å². The number of amides is 1. The Bertz CT molecular complexity index is 1800. The summed E-state index contributed by atoms with van der Waals surface area (Å²) in [5.74, 6) is -0.250. The van der Waals surface area contributed by atoms with E-state index in [4.69, 9.17) is 18.9 Å². The average molecular weight is 1290 g/mol. The summed E-state index contributed by atoms with van der Waals surface area (Å²) < 4.78 is 22.9. The van der Waals surface area contributed by atoms with Gasteiger partial charge < -0.3 is 65.1 Å². The molecule has 12 atom stereocenters. The van der Waals surface area contributed by atoms with Gasteiger partial charge in [-0.05, 0) is 83.5 Å². The fourth-order valence-corrected chi connectivity index (χ4v) is 12.1. The quantitative estimate of drug-likeness (QED) is 0.0204. The first kappa shape index (κ1) is 84.5. The van der Waals surface area contributed by atoms with E-state index in [9.17, 15) is 45.6 Å². The lowest BCUT2D eigenvalue weighted by Crippen LogP contribution is -2.65. The van der Waals surface area contributed by atoms with Crippen LogP contribution in [0, 0.1) is 0 Å². The molecule has 12 unspecified atom stereocenters. The highest BCUT2D eigenvalue weighted by atomic mass is 16.7. The molecular formula is C77H139NO13. The number of aliphatic hydroxyl groups excluding tert-OH is 8. The van der Waals surface area contributed by atoms with Gasteiger partial charge in [0.15, 0.2) is 12.6 Å². The second-order valence-electron chi connectivity index (χ2n) is 26.4. The van der Waals surface area contributed by atoms with E-state index in [1.54, 1.807) is 6.08 Å². The predicted molar refractivity (Wildman–Crippen MR) is 373 cm³/mol. The third kappa shape index (κ3) is 44.7. The maximum Gasteiger partial charge on any atom is 0.220 e. The molecule has 2 saturated heterocycles. The molecule has 0 aromatic carbocycles. The summed E-state index contributed by atoms with van der Waals surface area (Å²) in [5, 5.41) is 87.5. The molecule has 2 fully saturated rings. The Kier molecular flexibility index (Phi) is 56.7. The van der Waals surface area contributed by atoms with Gasteiger partial charge in [-0.15, -0.1) is 0 Å². The Morgan fingerprint density at radius 3 is 1.15 bits per heavy atom. The highest BCUT2D eigenvalue weighted by molar-refractivity contribution is 5.76. The van der Waals surface area contributed by atoms with Crippen LogP contribution in [0.2, 0.25) is 0 Å². The Morgan fingerprint density at radius 2 is 0.736 bits per heavy atom. The number of hydrogen-bond acceptors (Lipinski definition) is 13. The molecule has 1 amide bonds. The van der Waals surface area contributed by atoms with E-state index < -0.39 is 86.8 Å². The fraction of sp³-hybridized carbons (Fsp3) is 0.831. The molecule has 2 aliphatic rings. The highest BCUT2D eigenvalue weighted by Gasteiger charge is 2.51. The van der Waals surface area contributed by atoms with Gasteiger partial charge in [0.25, 0.3) is 0 Å². The number of carbonyl (C=O) groups excluding carboxylic acids is 1. The molecular weight excluding hydrogens is 1150 g/mol. The first-order valence-corrected chi connectivity index (χ1v) is 37.7. The van der Waals surface area contributed by atoms with E-state index >= 15 is 0 Å². The van der Waals surface area contributed by atoms with Crippen molar-refractivity contribution in [3.63, 3.8) is 0 Å². The van der Waals surface area contributed by atoms with Gasteiger partial charge in [0, 0.05) is 6.42 Å². The molecule has 0 aliphatic carbocycles. The Labute approximate surface area is 555 Å². The van der Waals surface area contributed by atoms with Gasteiger partial charge in [0.1, 0.15) is 48.8 Å². The van der Waals surface area contributed by atoms with Crippen LogP contribution in [0.5, 0.6) is 0 Å². The SMILES string of the molecule is CCCCCCC/C=C\C/C=C\C/C=C\CCCCCCCCCCCCCCCCCCCCCCC(=O)NC(COC1OC(CO)C(OC2OC(CO)C(O)C(O)C2O)C(O)C1O)C(O)/C=C/CC/C=C/CC/C=C/CCCCCCCCCCCCCC. The molecule has 530 valence electrons. The number of unbranched alkanes of at least 4 members (excludes halogenated alkanes) is 39. The lowest BCUT2D eigenvalue weighted by Gasteiger charge is -2.46. The van der Waals surface area contributed by atoms with E-state index in [1.807, 2.05) is 6.08 Å². The zero-order valence-electron chi connectivity index (χ0n) is 57.8. The summed E-state index contributed by atoms with van der Waals surface area (Å²) in [7, 11) is 0. The van der Waals surface area contributed by atoms with Crippen LogP contribution in [0.25, 0.3) is 0 Å². The zero-order valence-corrected chi connectivity index (χ0v) is 57.8. The maximum absolute atomic E-state index is 13.3. The topological polar surface area (TPSA) is 228 Å². The van der Waals surface area contributed by atoms with Crippen LogP contribution in [-0.4, -0.2) is 140 Å². The summed E-state index contributed by atoms with van der Waals surface area (Å²) in [4.78, 5) is 13.3. The molecule has 0 aromatic rings. The number of nitrogens with one attached hydrogen (secondary N) is 1. The Balaban J connectivity index is 1.64. The van der Waals surface area contributed by atoms with Crippen molar-refractivity contribution in [3.8, 4) is 0 Å². The molecule has 2 heterocycles. The first-order chi connectivity index (χ1) is 44.6. The standard InChI is InChI=1S/C77H139NO13/c1-3-5-7-9-11-13-15-17-19-21-23-25-27-28-29-30-31-32-33-34-35-36-37-38-39-41-43-45-47-49-51-53-55-57-59-61-69(82)78-65(64-88-76-74(87)72(85)75(68(63-80)90-76)91-77-73(86)71(84)70(83)67(62-79)89-77)66(81)60-58-56-54-52-50-48-46-44-42-40-26-24-22-20-18-16-14-12-10-8-6-4-2/h15,17,21,23,27-28,42,44,50,52,58,60,65-68,70-77,79-81,83-87H,3-14,16,18-20,22,24-26,29-41,43,45-49,51,53-57,59,61-64H2,1-2H3,(H,78,82)/b17-15-,23-21-,28-27-,44-42+,52-50+,60-58+. The average Bonchev–Trinajstić information content (AvgIpc) is 0.888. The Morgan fingerprint density at radius 1 is 0.396 bits per heavy atom. The summed E-state index contributed by atoms with van der Waals surface area (Å²) in [6.45, 7) is 2.80. The second-order valence-corrected chi connectivity index (χ2v) is 26.4. The molecule has 91 heavy (non-hydrogen) atoms. The molecule has 2 rings (SSSR count). The van der Waals surface area contributed by atoms with E-state index in [1.165, 1.54) is 225 Å². The minimum atomic E-state index is -1.79. The molecule has 14 nitrogen and oxygen atoms in total. The van der Waals surface area contributed by atoms with Crippen LogP contribution < -0.4 is 5.32 Å². The largest absolute Gasteiger partial charge is 0.394 e. The van der Waals surface area contributed by atoms with Crippen molar-refractivity contribution in [2.75, 3.05) is 19.8 Å². The van der Waals surface area contributed by atoms with Crippen molar-refractivity contribution in [1.29, 1.82) is 0 Å². The van der Waals surface area contributed by atoms with Gasteiger partial charge >= 0.3 is 0 Å². The monoisotopic (exact) mass is 1290 g/mol. The summed E-state index contributed by atoms with van der Waals surface area (Å²) >= 11 is 0. The second kappa shape index (κ2) is 61.1. The molecule has 9 N–H and O–H groups in total. The Hall–Kier alpha value is -2.57. The molecule has 0 spiro atoms. The van der Waals surface area contributed by atoms with Crippen LogP contribution in [-0.2, 0) is 23.7 Å². The number of allylic oxidation sites excluding steroid dienone is 11. The summed E-state index contributed by atoms with van der Waals surface area (Å²) in [6.07, 6.45) is 66.9. The molecule has 0 radical (unpaired) electrons. The van der Waals surface area contributed by atoms with Crippen LogP contribution in [0.1, 0.15) is 316 Å². The van der Waals surface area contributed by atoms with Crippen molar-refractivity contribution >= 4 is 5.91 Å². The molecule has 14 heteroatoms. The number of rotatable bonds is 62. The summed E-state index contributed by atoms with van der Waals surface area (Å²) in [5.41, 5.74) is 0. The van der Waals surface area contributed by atoms with Crippen molar-refractivity contribution in [2.24, 2.45) is 0 Å². The minimum absolute atomic E-state index is 0.250. The third-order valence-corrected chi connectivity index (χ3v) is 18.1. The van der Waals surface area contributed by atoms with Crippen LogP contribution >= 0.6 is 0 Å². The van der Waals surface area contributed by atoms with Crippen molar-refractivity contribution in [1.82, 2.24) is 5.32 Å². The first-order valence-electron chi connectivity index (χ1n) is 37.7. The molecule has 0 bridgehead atoms. The van der Waals surface area contributed by atoms with Crippen molar-refractivity contribution < 1.29 is 64.6 Å². The molecule has 2 aliphatic heterocycles. The van der Waals surface area contributed by atoms with Crippen LogP contribution in [0.15, 0.2) is 72.9 Å². The smallest absolute Gasteiger partial charge is 0.220 e. The van der Waals surface area contributed by atoms with Gasteiger partial charge in [-0.25, -0.2) is 0 Å². The van der Waals surface area contributed by atoms with Gasteiger partial charge in [-0.2, -0.15) is 0 Å². The van der Waals surface area contributed by atoms with Gasteiger partial charge in [0.2, 0.25) is 5.91 Å².